The summed E-state index contributed by atoms with van der Waals surface area (Å²) >= 11 is 0. The highest BCUT2D eigenvalue weighted by Crippen LogP contribution is 2.38. The van der Waals surface area contributed by atoms with Crippen molar-refractivity contribution in [3.8, 4) is 5.75 Å². The Kier molecular flexibility index (Phi) is 6.46. The smallest absolute Gasteiger partial charge is 0.416 e. The van der Waals surface area contributed by atoms with Crippen molar-refractivity contribution in [2.24, 2.45) is 5.92 Å². The van der Waals surface area contributed by atoms with Crippen molar-refractivity contribution < 1.29 is 17.9 Å². The van der Waals surface area contributed by atoms with E-state index in [9.17, 15) is 13.2 Å². The Hall–Kier alpha value is -1.97. The maximum atomic E-state index is 12.6. The van der Waals surface area contributed by atoms with Gasteiger partial charge in [0.2, 0.25) is 0 Å². The van der Waals surface area contributed by atoms with Gasteiger partial charge in [-0.2, -0.15) is 13.2 Å². The van der Waals surface area contributed by atoms with Gasteiger partial charge in [0.25, 0.3) is 0 Å². The first-order valence-electron chi connectivity index (χ1n) is 9.84. The van der Waals surface area contributed by atoms with Crippen LogP contribution >= 0.6 is 0 Å². The van der Waals surface area contributed by atoms with Crippen LogP contribution in [-0.2, 0) is 12.8 Å². The average molecular weight is 376 g/mol. The SMILES string of the molecule is CCCC1CCC(c2ccc(OCc3ccc(C(F)(F)F)cc3)cc2)CC1. The van der Waals surface area contributed by atoms with Gasteiger partial charge in [0, 0.05) is 0 Å². The lowest BCUT2D eigenvalue weighted by molar-refractivity contribution is -0.137. The Morgan fingerprint density at radius 1 is 0.889 bits per heavy atom. The molecule has 0 N–H and O–H groups in total. The third-order valence-corrected chi connectivity index (χ3v) is 5.58. The fourth-order valence-electron chi connectivity index (χ4n) is 3.99. The molecule has 3 rings (SSSR count). The molecule has 0 bridgehead atoms. The monoisotopic (exact) mass is 376 g/mol. The average Bonchev–Trinajstić information content (AvgIpc) is 2.67. The second-order valence-corrected chi connectivity index (χ2v) is 7.56. The Morgan fingerprint density at radius 3 is 2.07 bits per heavy atom. The summed E-state index contributed by atoms with van der Waals surface area (Å²) in [6.45, 7) is 2.52. The van der Waals surface area contributed by atoms with Gasteiger partial charge >= 0.3 is 6.18 Å². The molecule has 0 heterocycles. The molecule has 1 fully saturated rings. The lowest BCUT2D eigenvalue weighted by atomic mass is 9.77. The summed E-state index contributed by atoms with van der Waals surface area (Å²) in [5.41, 5.74) is 1.46. The molecule has 0 saturated heterocycles. The first-order valence-corrected chi connectivity index (χ1v) is 9.84. The molecule has 0 atom stereocenters. The van der Waals surface area contributed by atoms with Gasteiger partial charge in [-0.25, -0.2) is 0 Å². The summed E-state index contributed by atoms with van der Waals surface area (Å²) in [6, 6.07) is 13.3. The lowest BCUT2D eigenvalue weighted by Crippen LogP contribution is -2.13. The van der Waals surface area contributed by atoms with Crippen LogP contribution in [0, 0.1) is 5.92 Å². The Bertz CT molecular complexity index is 696. The van der Waals surface area contributed by atoms with Gasteiger partial charge in [-0.05, 0) is 72.9 Å². The van der Waals surface area contributed by atoms with E-state index >= 15 is 0 Å². The van der Waals surface area contributed by atoms with Crippen LogP contribution < -0.4 is 4.74 Å². The molecule has 2 aromatic carbocycles. The molecular weight excluding hydrogens is 349 g/mol. The zero-order chi connectivity index (χ0) is 19.3. The number of alkyl halides is 3. The molecule has 0 aromatic heterocycles. The second-order valence-electron chi connectivity index (χ2n) is 7.56. The first kappa shape index (κ1) is 19.8. The minimum atomic E-state index is -4.30. The summed E-state index contributed by atoms with van der Waals surface area (Å²) in [6.07, 6.45) is 3.50. The fourth-order valence-corrected chi connectivity index (χ4v) is 3.99. The Labute approximate surface area is 159 Å². The van der Waals surface area contributed by atoms with Crippen LogP contribution in [0.3, 0.4) is 0 Å². The summed E-state index contributed by atoms with van der Waals surface area (Å²) < 4.78 is 43.5. The van der Waals surface area contributed by atoms with Crippen molar-refractivity contribution in [2.75, 3.05) is 0 Å². The van der Waals surface area contributed by atoms with Gasteiger partial charge in [0.15, 0.2) is 0 Å². The molecule has 1 nitrogen and oxygen atoms in total. The zero-order valence-corrected chi connectivity index (χ0v) is 15.8. The van der Waals surface area contributed by atoms with E-state index in [1.165, 1.54) is 56.2 Å². The Balaban J connectivity index is 1.51. The molecule has 4 heteroatoms. The second kappa shape index (κ2) is 8.81. The van der Waals surface area contributed by atoms with Gasteiger partial charge in [-0.1, -0.05) is 44.0 Å². The highest BCUT2D eigenvalue weighted by atomic mass is 19.4. The molecule has 27 heavy (non-hydrogen) atoms. The summed E-state index contributed by atoms with van der Waals surface area (Å²) in [5, 5.41) is 0. The molecule has 0 radical (unpaired) electrons. The molecule has 0 spiro atoms. The van der Waals surface area contributed by atoms with Crippen molar-refractivity contribution in [1.29, 1.82) is 0 Å². The van der Waals surface area contributed by atoms with Crippen molar-refractivity contribution >= 4 is 0 Å². The standard InChI is InChI=1S/C23H27F3O/c1-2-3-17-4-8-19(9-5-17)20-10-14-22(15-11-20)27-16-18-6-12-21(13-7-18)23(24,25)26/h6-7,10-15,17,19H,2-5,8-9,16H2,1H3. The van der Waals surface area contributed by atoms with E-state index in [0.29, 0.717) is 5.92 Å². The van der Waals surface area contributed by atoms with E-state index in [0.717, 1.165) is 29.4 Å². The quantitative estimate of drug-likeness (QED) is 0.512. The van der Waals surface area contributed by atoms with Crippen LogP contribution in [0.15, 0.2) is 48.5 Å². The normalized spacial score (nSPS) is 20.4. The zero-order valence-electron chi connectivity index (χ0n) is 15.8. The topological polar surface area (TPSA) is 9.23 Å². The van der Waals surface area contributed by atoms with Gasteiger partial charge in [-0.3, -0.25) is 0 Å². The number of hydrogen-bond acceptors (Lipinski definition) is 1. The van der Waals surface area contributed by atoms with E-state index in [1.807, 2.05) is 12.1 Å². The van der Waals surface area contributed by atoms with E-state index in [-0.39, 0.29) is 6.61 Å². The van der Waals surface area contributed by atoms with Crippen molar-refractivity contribution in [2.45, 2.75) is 64.1 Å². The van der Waals surface area contributed by atoms with Gasteiger partial charge in [0.05, 0.1) is 5.56 Å². The number of halogens is 3. The third kappa shape index (κ3) is 5.50. The maximum Gasteiger partial charge on any atom is 0.416 e. The van der Waals surface area contributed by atoms with Crippen LogP contribution in [0.5, 0.6) is 5.75 Å². The van der Waals surface area contributed by atoms with E-state index in [4.69, 9.17) is 4.74 Å². The number of rotatable bonds is 6. The summed E-state index contributed by atoms with van der Waals surface area (Å²) in [7, 11) is 0. The Morgan fingerprint density at radius 2 is 1.52 bits per heavy atom. The lowest BCUT2D eigenvalue weighted by Gasteiger charge is -2.28. The van der Waals surface area contributed by atoms with E-state index in [2.05, 4.69) is 19.1 Å². The van der Waals surface area contributed by atoms with Gasteiger partial charge < -0.3 is 4.74 Å². The molecule has 2 aromatic rings. The highest BCUT2D eigenvalue weighted by Gasteiger charge is 2.29. The first-order chi connectivity index (χ1) is 13.0. The molecular formula is C23H27F3O. The molecule has 0 aliphatic heterocycles. The predicted octanol–water partition coefficient (Wildman–Crippen LogP) is 7.36. The van der Waals surface area contributed by atoms with Crippen LogP contribution in [-0.4, -0.2) is 0 Å². The third-order valence-electron chi connectivity index (χ3n) is 5.58. The number of hydrogen-bond donors (Lipinski definition) is 0. The van der Waals surface area contributed by atoms with Crippen molar-refractivity contribution in [3.63, 3.8) is 0 Å². The summed E-state index contributed by atoms with van der Waals surface area (Å²) in [4.78, 5) is 0. The highest BCUT2D eigenvalue weighted by molar-refractivity contribution is 5.30. The number of ether oxygens (including phenoxy) is 1. The number of benzene rings is 2. The van der Waals surface area contributed by atoms with E-state index < -0.39 is 11.7 Å². The van der Waals surface area contributed by atoms with Crippen LogP contribution in [0.1, 0.15) is 68.1 Å². The molecule has 1 saturated carbocycles. The minimum Gasteiger partial charge on any atom is -0.489 e. The van der Waals surface area contributed by atoms with Crippen molar-refractivity contribution in [3.05, 3.63) is 65.2 Å². The van der Waals surface area contributed by atoms with Gasteiger partial charge in [0.1, 0.15) is 12.4 Å². The molecule has 1 aliphatic carbocycles. The minimum absolute atomic E-state index is 0.264. The molecule has 0 amide bonds. The van der Waals surface area contributed by atoms with E-state index in [1.54, 1.807) is 0 Å². The summed E-state index contributed by atoms with van der Waals surface area (Å²) in [5.74, 6) is 2.29. The maximum absolute atomic E-state index is 12.6. The van der Waals surface area contributed by atoms with Crippen LogP contribution in [0.4, 0.5) is 13.2 Å². The molecule has 146 valence electrons. The van der Waals surface area contributed by atoms with Crippen molar-refractivity contribution in [1.82, 2.24) is 0 Å². The molecule has 0 unspecified atom stereocenters. The molecule has 1 aliphatic rings. The largest absolute Gasteiger partial charge is 0.489 e. The van der Waals surface area contributed by atoms with Crippen LogP contribution in [0.25, 0.3) is 0 Å². The van der Waals surface area contributed by atoms with Crippen LogP contribution in [0.2, 0.25) is 0 Å². The fraction of sp³-hybridized carbons (Fsp3) is 0.478. The predicted molar refractivity (Wildman–Crippen MR) is 102 cm³/mol. The van der Waals surface area contributed by atoms with Gasteiger partial charge in [-0.15, -0.1) is 0 Å².